The van der Waals surface area contributed by atoms with E-state index in [4.69, 9.17) is 5.73 Å². The van der Waals surface area contributed by atoms with E-state index in [-0.39, 0.29) is 43.1 Å². The van der Waals surface area contributed by atoms with Crippen molar-refractivity contribution in [3.8, 4) is 0 Å². The lowest BCUT2D eigenvalue weighted by atomic mass is 10.1. The van der Waals surface area contributed by atoms with Gasteiger partial charge in [-0.05, 0) is 30.7 Å². The molecule has 0 bridgehead atoms. The van der Waals surface area contributed by atoms with E-state index in [1.807, 2.05) is 25.1 Å². The number of halogens is 3. The van der Waals surface area contributed by atoms with Gasteiger partial charge in [-0.15, -0.1) is 37.2 Å². The third-order valence-corrected chi connectivity index (χ3v) is 4.43. The molecular weight excluding hydrogens is 423 g/mol. The summed E-state index contributed by atoms with van der Waals surface area (Å²) in [7, 11) is 0. The normalized spacial score (nSPS) is 13.5. The number of aryl methyl sites for hydroxylation is 1. The molecule has 3 N–H and O–H groups in total. The number of piperazine rings is 1. The molecular formula is C18H27Cl3N6O. The van der Waals surface area contributed by atoms with Gasteiger partial charge in [-0.3, -0.25) is 9.69 Å². The second-order valence-corrected chi connectivity index (χ2v) is 6.21. The smallest absolute Gasteiger partial charge is 0.251 e. The van der Waals surface area contributed by atoms with E-state index in [0.29, 0.717) is 17.8 Å². The fourth-order valence-electron chi connectivity index (χ4n) is 2.93. The number of nitrogens with one attached hydrogen (secondary N) is 1. The predicted octanol–water partition coefficient (Wildman–Crippen LogP) is 2.18. The molecule has 1 aliphatic heterocycles. The van der Waals surface area contributed by atoms with Crippen molar-refractivity contribution in [2.45, 2.75) is 6.92 Å². The minimum atomic E-state index is -0.0684. The van der Waals surface area contributed by atoms with E-state index >= 15 is 0 Å². The lowest BCUT2D eigenvalue weighted by molar-refractivity contribution is 0.0947. The van der Waals surface area contributed by atoms with Crippen LogP contribution in [-0.2, 0) is 0 Å². The van der Waals surface area contributed by atoms with Gasteiger partial charge < -0.3 is 16.0 Å². The second kappa shape index (κ2) is 12.6. The first kappa shape index (κ1) is 26.2. The van der Waals surface area contributed by atoms with Crippen molar-refractivity contribution in [2.75, 3.05) is 49.9 Å². The maximum Gasteiger partial charge on any atom is 0.251 e. The van der Waals surface area contributed by atoms with E-state index in [0.717, 1.165) is 44.2 Å². The molecule has 0 atom stereocenters. The molecule has 1 aliphatic rings. The van der Waals surface area contributed by atoms with Crippen molar-refractivity contribution in [3.63, 3.8) is 0 Å². The average molecular weight is 450 g/mol. The van der Waals surface area contributed by atoms with Gasteiger partial charge in [-0.25, -0.2) is 9.97 Å². The van der Waals surface area contributed by atoms with E-state index in [2.05, 4.69) is 25.1 Å². The quantitative estimate of drug-likeness (QED) is 0.680. The molecule has 0 radical (unpaired) electrons. The van der Waals surface area contributed by atoms with Crippen LogP contribution < -0.4 is 16.0 Å². The molecule has 7 nitrogen and oxygen atoms in total. The molecule has 1 amide bonds. The van der Waals surface area contributed by atoms with Crippen molar-refractivity contribution in [1.82, 2.24) is 20.2 Å². The Morgan fingerprint density at radius 1 is 1.11 bits per heavy atom. The van der Waals surface area contributed by atoms with Crippen LogP contribution in [0.3, 0.4) is 0 Å². The number of anilines is 2. The Bertz CT molecular complexity index is 727. The van der Waals surface area contributed by atoms with Gasteiger partial charge in [0.2, 0.25) is 5.95 Å². The second-order valence-electron chi connectivity index (χ2n) is 6.21. The van der Waals surface area contributed by atoms with Crippen LogP contribution in [-0.4, -0.2) is 60.0 Å². The first-order chi connectivity index (χ1) is 12.1. The summed E-state index contributed by atoms with van der Waals surface area (Å²) in [5.41, 5.74) is 7.95. The molecule has 1 aromatic carbocycles. The third kappa shape index (κ3) is 6.98. The number of carbonyl (C=O) groups excluding carboxylic acids is 1. The maximum absolute atomic E-state index is 12.3. The first-order valence-electron chi connectivity index (χ1n) is 8.52. The Balaban J connectivity index is 0.00000243. The SMILES string of the molecule is Cc1ccc(N)cc1C(=O)NCCN1CCN(c2ncccn2)CC1.Cl.Cl.Cl. The number of rotatable bonds is 5. The summed E-state index contributed by atoms with van der Waals surface area (Å²) in [4.78, 5) is 25.4. The summed E-state index contributed by atoms with van der Waals surface area (Å²) in [6, 6.07) is 7.23. The van der Waals surface area contributed by atoms with E-state index in [1.165, 1.54) is 0 Å². The Morgan fingerprint density at radius 2 is 1.75 bits per heavy atom. The Morgan fingerprint density at radius 3 is 2.39 bits per heavy atom. The molecule has 0 saturated carbocycles. The first-order valence-corrected chi connectivity index (χ1v) is 8.52. The maximum atomic E-state index is 12.3. The van der Waals surface area contributed by atoms with Crippen molar-refractivity contribution in [3.05, 3.63) is 47.8 Å². The summed E-state index contributed by atoms with van der Waals surface area (Å²) in [5.74, 6) is 0.716. The minimum Gasteiger partial charge on any atom is -0.399 e. The summed E-state index contributed by atoms with van der Waals surface area (Å²) in [5, 5.41) is 2.98. The van der Waals surface area contributed by atoms with E-state index in [1.54, 1.807) is 18.5 Å². The highest BCUT2D eigenvalue weighted by Crippen LogP contribution is 2.12. The fraction of sp³-hybridized carbons (Fsp3) is 0.389. The number of hydrogen-bond acceptors (Lipinski definition) is 6. The highest BCUT2D eigenvalue weighted by molar-refractivity contribution is 5.96. The van der Waals surface area contributed by atoms with Gasteiger partial charge in [-0.2, -0.15) is 0 Å². The van der Waals surface area contributed by atoms with Crippen molar-refractivity contribution in [1.29, 1.82) is 0 Å². The van der Waals surface area contributed by atoms with Crippen molar-refractivity contribution < 1.29 is 4.79 Å². The molecule has 1 saturated heterocycles. The monoisotopic (exact) mass is 448 g/mol. The largest absolute Gasteiger partial charge is 0.399 e. The highest BCUT2D eigenvalue weighted by Gasteiger charge is 2.18. The van der Waals surface area contributed by atoms with E-state index in [9.17, 15) is 4.79 Å². The van der Waals surface area contributed by atoms with Gasteiger partial charge in [0.15, 0.2) is 0 Å². The van der Waals surface area contributed by atoms with Crippen molar-refractivity contribution >= 4 is 54.8 Å². The zero-order valence-electron chi connectivity index (χ0n) is 15.7. The number of benzene rings is 1. The van der Waals surface area contributed by atoms with Gasteiger partial charge in [-0.1, -0.05) is 6.07 Å². The Labute approximate surface area is 184 Å². The topological polar surface area (TPSA) is 87.4 Å². The Kier molecular flexibility index (Phi) is 11.8. The zero-order valence-corrected chi connectivity index (χ0v) is 18.2. The van der Waals surface area contributed by atoms with E-state index < -0.39 is 0 Å². The molecule has 28 heavy (non-hydrogen) atoms. The number of hydrogen-bond donors (Lipinski definition) is 2. The van der Waals surface area contributed by atoms with Crippen LogP contribution in [0.2, 0.25) is 0 Å². The molecule has 0 aliphatic carbocycles. The molecule has 1 fully saturated rings. The lowest BCUT2D eigenvalue weighted by Crippen LogP contribution is -2.49. The number of amides is 1. The molecule has 3 rings (SSSR count). The molecule has 0 unspecified atom stereocenters. The number of aromatic nitrogens is 2. The summed E-state index contributed by atoms with van der Waals surface area (Å²) < 4.78 is 0. The van der Waals surface area contributed by atoms with Gasteiger partial charge in [0.1, 0.15) is 0 Å². The Hall–Kier alpha value is -1.80. The van der Waals surface area contributed by atoms with Gasteiger partial charge in [0.05, 0.1) is 0 Å². The highest BCUT2D eigenvalue weighted by atomic mass is 35.5. The number of nitrogen functional groups attached to an aromatic ring is 1. The fourth-order valence-corrected chi connectivity index (χ4v) is 2.93. The van der Waals surface area contributed by atoms with Gasteiger partial charge >= 0.3 is 0 Å². The molecule has 156 valence electrons. The number of nitrogens with zero attached hydrogens (tertiary/aromatic N) is 4. The van der Waals surface area contributed by atoms with Crippen LogP contribution in [0.5, 0.6) is 0 Å². The molecule has 0 spiro atoms. The average Bonchev–Trinajstić information content (AvgIpc) is 2.65. The summed E-state index contributed by atoms with van der Waals surface area (Å²) in [6.45, 7) is 7.03. The van der Waals surface area contributed by atoms with Crippen LogP contribution in [0.25, 0.3) is 0 Å². The third-order valence-electron chi connectivity index (χ3n) is 4.43. The summed E-state index contributed by atoms with van der Waals surface area (Å²) >= 11 is 0. The number of nitrogens with two attached hydrogens (primary N) is 1. The van der Waals surface area contributed by atoms with Crippen LogP contribution in [0.4, 0.5) is 11.6 Å². The molecule has 10 heteroatoms. The molecule has 2 aromatic rings. The minimum absolute atomic E-state index is 0. The zero-order chi connectivity index (χ0) is 17.6. The molecule has 2 heterocycles. The van der Waals surface area contributed by atoms with Crippen LogP contribution in [0, 0.1) is 6.92 Å². The standard InChI is InChI=1S/C18H24N6O.3ClH/c1-14-3-4-15(19)13-16(14)17(25)20-7-8-23-9-11-24(12-10-23)18-21-5-2-6-22-18;;;/h2-6,13H,7-12,19H2,1H3,(H,20,25);3*1H. The van der Waals surface area contributed by atoms with Crippen LogP contribution >= 0.6 is 37.2 Å². The lowest BCUT2D eigenvalue weighted by Gasteiger charge is -2.34. The molecule has 1 aromatic heterocycles. The van der Waals surface area contributed by atoms with Gasteiger partial charge in [0.25, 0.3) is 5.91 Å². The van der Waals surface area contributed by atoms with Gasteiger partial charge in [0, 0.05) is 62.9 Å². The van der Waals surface area contributed by atoms with Crippen LogP contribution in [0.15, 0.2) is 36.7 Å². The van der Waals surface area contributed by atoms with Crippen LogP contribution in [0.1, 0.15) is 15.9 Å². The predicted molar refractivity (Wildman–Crippen MR) is 120 cm³/mol. The summed E-state index contributed by atoms with van der Waals surface area (Å²) in [6.07, 6.45) is 3.53. The number of carbonyl (C=O) groups is 1. The van der Waals surface area contributed by atoms with Crippen molar-refractivity contribution in [2.24, 2.45) is 0 Å².